The van der Waals surface area contributed by atoms with E-state index in [1.54, 1.807) is 11.8 Å². The Balaban J connectivity index is 1.91. The van der Waals surface area contributed by atoms with Crippen molar-refractivity contribution in [3.63, 3.8) is 0 Å². The van der Waals surface area contributed by atoms with Crippen molar-refractivity contribution >= 4 is 11.8 Å². The first kappa shape index (κ1) is 20.6. The molecule has 0 radical (unpaired) electrons. The van der Waals surface area contributed by atoms with Gasteiger partial charge in [-0.15, -0.1) is 10.2 Å². The Kier molecular flexibility index (Phi) is 6.92. The minimum absolute atomic E-state index is 0.256. The van der Waals surface area contributed by atoms with Gasteiger partial charge in [0.2, 0.25) is 0 Å². The van der Waals surface area contributed by atoms with E-state index in [1.165, 1.54) is 22.3 Å². The SMILES string of the molecule is CC[C@@H](c1nnc(SCc2cc(C)ccc2C)n1Cc1ccccc1)N(C)C. The van der Waals surface area contributed by atoms with Crippen LogP contribution in [0.1, 0.15) is 47.5 Å². The molecule has 4 nitrogen and oxygen atoms in total. The molecule has 0 N–H and O–H groups in total. The molecule has 1 atom stereocenters. The summed E-state index contributed by atoms with van der Waals surface area (Å²) in [6, 6.07) is 17.5. The summed E-state index contributed by atoms with van der Waals surface area (Å²) in [7, 11) is 4.22. The van der Waals surface area contributed by atoms with Crippen molar-refractivity contribution in [1.29, 1.82) is 0 Å². The standard InChI is InChI=1S/C23H30N4S/c1-6-21(26(4)5)22-24-25-23(27(22)15-19-10-8-7-9-11-19)28-16-20-14-17(2)12-13-18(20)3/h7-14,21H,6,15-16H2,1-5H3/t21-/m0/s1. The van der Waals surface area contributed by atoms with Crippen molar-refractivity contribution in [1.82, 2.24) is 19.7 Å². The summed E-state index contributed by atoms with van der Waals surface area (Å²) in [5, 5.41) is 10.2. The molecule has 0 aliphatic rings. The Morgan fingerprint density at radius 2 is 1.79 bits per heavy atom. The number of aromatic nitrogens is 3. The molecule has 0 amide bonds. The van der Waals surface area contributed by atoms with Gasteiger partial charge in [-0.25, -0.2) is 0 Å². The number of nitrogens with zero attached hydrogens (tertiary/aromatic N) is 4. The fraction of sp³-hybridized carbons (Fsp3) is 0.391. The zero-order chi connectivity index (χ0) is 20.1. The van der Waals surface area contributed by atoms with Gasteiger partial charge in [-0.3, -0.25) is 4.90 Å². The molecule has 0 aliphatic heterocycles. The van der Waals surface area contributed by atoms with Crippen LogP contribution in [0.2, 0.25) is 0 Å². The molecule has 1 aromatic heterocycles. The summed E-state index contributed by atoms with van der Waals surface area (Å²) in [6.45, 7) is 7.32. The van der Waals surface area contributed by atoms with E-state index in [1.807, 2.05) is 0 Å². The molecule has 0 fully saturated rings. The molecule has 0 bridgehead atoms. The van der Waals surface area contributed by atoms with Crippen LogP contribution < -0.4 is 0 Å². The Hall–Kier alpha value is -2.11. The summed E-state index contributed by atoms with van der Waals surface area (Å²) in [5.41, 5.74) is 5.25. The van der Waals surface area contributed by atoms with Gasteiger partial charge < -0.3 is 4.57 Å². The maximum absolute atomic E-state index is 4.61. The lowest BCUT2D eigenvalue weighted by atomic mass is 10.1. The van der Waals surface area contributed by atoms with E-state index in [4.69, 9.17) is 0 Å². The highest BCUT2D eigenvalue weighted by atomic mass is 32.2. The first-order valence-corrected chi connectivity index (χ1v) is 10.8. The summed E-state index contributed by atoms with van der Waals surface area (Å²) in [5.74, 6) is 1.94. The van der Waals surface area contributed by atoms with Crippen LogP contribution in [0.25, 0.3) is 0 Å². The van der Waals surface area contributed by atoms with E-state index in [2.05, 4.69) is 103 Å². The van der Waals surface area contributed by atoms with Crippen LogP contribution in [0.3, 0.4) is 0 Å². The molecule has 3 rings (SSSR count). The van der Waals surface area contributed by atoms with Crippen LogP contribution >= 0.6 is 11.8 Å². The van der Waals surface area contributed by atoms with Crippen molar-refractivity contribution in [3.05, 3.63) is 76.6 Å². The van der Waals surface area contributed by atoms with Crippen LogP contribution in [0.15, 0.2) is 53.7 Å². The molecule has 3 aromatic rings. The van der Waals surface area contributed by atoms with Gasteiger partial charge in [0.15, 0.2) is 11.0 Å². The predicted molar refractivity (Wildman–Crippen MR) is 118 cm³/mol. The summed E-state index contributed by atoms with van der Waals surface area (Å²) in [4.78, 5) is 2.23. The summed E-state index contributed by atoms with van der Waals surface area (Å²) in [6.07, 6.45) is 1.00. The fourth-order valence-electron chi connectivity index (χ4n) is 3.44. The monoisotopic (exact) mass is 394 g/mol. The Morgan fingerprint density at radius 3 is 2.46 bits per heavy atom. The number of benzene rings is 2. The van der Waals surface area contributed by atoms with Crippen LogP contribution in [-0.4, -0.2) is 33.8 Å². The van der Waals surface area contributed by atoms with E-state index < -0.39 is 0 Å². The van der Waals surface area contributed by atoms with Crippen molar-refractivity contribution in [2.24, 2.45) is 0 Å². The van der Waals surface area contributed by atoms with E-state index in [-0.39, 0.29) is 6.04 Å². The van der Waals surface area contributed by atoms with Crippen molar-refractivity contribution < 1.29 is 0 Å². The maximum atomic E-state index is 4.61. The highest BCUT2D eigenvalue weighted by Crippen LogP contribution is 2.29. The second kappa shape index (κ2) is 9.39. The number of rotatable bonds is 8. The van der Waals surface area contributed by atoms with Gasteiger partial charge in [0.25, 0.3) is 0 Å². The van der Waals surface area contributed by atoms with Crippen molar-refractivity contribution in [2.45, 2.75) is 50.7 Å². The largest absolute Gasteiger partial charge is 0.300 e. The van der Waals surface area contributed by atoms with Gasteiger partial charge in [0.1, 0.15) is 0 Å². The Labute approximate surface area is 173 Å². The minimum atomic E-state index is 0.256. The molecule has 1 heterocycles. The normalized spacial score (nSPS) is 12.5. The lowest BCUT2D eigenvalue weighted by Gasteiger charge is -2.23. The Morgan fingerprint density at radius 1 is 1.04 bits per heavy atom. The van der Waals surface area contributed by atoms with Gasteiger partial charge in [0, 0.05) is 5.75 Å². The topological polar surface area (TPSA) is 34.0 Å². The molecule has 2 aromatic carbocycles. The minimum Gasteiger partial charge on any atom is -0.300 e. The Bertz CT molecular complexity index is 902. The third kappa shape index (κ3) is 4.83. The van der Waals surface area contributed by atoms with Crippen LogP contribution in [0, 0.1) is 13.8 Å². The molecule has 0 saturated heterocycles. The molecule has 0 unspecified atom stereocenters. The van der Waals surface area contributed by atoms with Crippen molar-refractivity contribution in [2.75, 3.05) is 14.1 Å². The van der Waals surface area contributed by atoms with E-state index in [9.17, 15) is 0 Å². The average Bonchev–Trinajstić information content (AvgIpc) is 3.06. The van der Waals surface area contributed by atoms with Crippen LogP contribution in [0.5, 0.6) is 0 Å². The third-order valence-electron chi connectivity index (χ3n) is 5.10. The number of hydrogen-bond donors (Lipinski definition) is 0. The quantitative estimate of drug-likeness (QED) is 0.489. The summed E-state index contributed by atoms with van der Waals surface area (Å²) < 4.78 is 2.29. The lowest BCUT2D eigenvalue weighted by molar-refractivity contribution is 0.272. The van der Waals surface area contributed by atoms with E-state index >= 15 is 0 Å². The fourth-order valence-corrected chi connectivity index (χ4v) is 4.45. The second-order valence-corrected chi connectivity index (χ2v) is 8.46. The predicted octanol–water partition coefficient (Wildman–Crippen LogP) is 5.25. The molecule has 0 spiro atoms. The molecular weight excluding hydrogens is 364 g/mol. The van der Waals surface area contributed by atoms with Gasteiger partial charge in [-0.05, 0) is 51.1 Å². The average molecular weight is 395 g/mol. The summed E-state index contributed by atoms with van der Waals surface area (Å²) >= 11 is 1.77. The first-order valence-electron chi connectivity index (χ1n) is 9.82. The second-order valence-electron chi connectivity index (χ2n) is 7.52. The molecule has 0 saturated carbocycles. The van der Waals surface area contributed by atoms with Crippen LogP contribution in [-0.2, 0) is 12.3 Å². The third-order valence-corrected chi connectivity index (χ3v) is 6.11. The van der Waals surface area contributed by atoms with Gasteiger partial charge >= 0.3 is 0 Å². The number of thioether (sulfide) groups is 1. The molecule has 28 heavy (non-hydrogen) atoms. The maximum Gasteiger partial charge on any atom is 0.191 e. The van der Waals surface area contributed by atoms with Gasteiger partial charge in [0.05, 0.1) is 12.6 Å². The first-order chi connectivity index (χ1) is 13.5. The molecule has 0 aliphatic carbocycles. The zero-order valence-corrected chi connectivity index (χ0v) is 18.3. The highest BCUT2D eigenvalue weighted by Gasteiger charge is 2.22. The highest BCUT2D eigenvalue weighted by molar-refractivity contribution is 7.98. The van der Waals surface area contributed by atoms with E-state index in [0.29, 0.717) is 0 Å². The zero-order valence-electron chi connectivity index (χ0n) is 17.5. The van der Waals surface area contributed by atoms with Crippen LogP contribution in [0.4, 0.5) is 0 Å². The smallest absolute Gasteiger partial charge is 0.191 e. The van der Waals surface area contributed by atoms with E-state index in [0.717, 1.165) is 29.7 Å². The van der Waals surface area contributed by atoms with Gasteiger partial charge in [-0.1, -0.05) is 72.8 Å². The van der Waals surface area contributed by atoms with Gasteiger partial charge in [-0.2, -0.15) is 0 Å². The van der Waals surface area contributed by atoms with Crippen molar-refractivity contribution in [3.8, 4) is 0 Å². The molecule has 5 heteroatoms. The number of aryl methyl sites for hydroxylation is 2. The molecular formula is C23H30N4S. The molecule has 148 valence electrons. The number of hydrogen-bond acceptors (Lipinski definition) is 4. The lowest BCUT2D eigenvalue weighted by Crippen LogP contribution is -2.23.